The molecule has 0 spiro atoms. The quantitative estimate of drug-likeness (QED) is 0.876. The Morgan fingerprint density at radius 3 is 2.89 bits per heavy atom. The largest absolute Gasteiger partial charge is 0.508 e. The third-order valence-corrected chi connectivity index (χ3v) is 4.97. The van der Waals surface area contributed by atoms with E-state index in [4.69, 9.17) is 0 Å². The Morgan fingerprint density at radius 2 is 2.05 bits per heavy atom. The lowest BCUT2D eigenvalue weighted by Gasteiger charge is -2.41. The van der Waals surface area contributed by atoms with Gasteiger partial charge in [0.15, 0.2) is 0 Å². The van der Waals surface area contributed by atoms with Gasteiger partial charge < -0.3 is 5.11 Å². The summed E-state index contributed by atoms with van der Waals surface area (Å²) in [6.45, 7) is 3.16. The molecule has 2 fully saturated rings. The zero-order chi connectivity index (χ0) is 13.4. The molecule has 1 saturated carbocycles. The molecule has 2 aliphatic rings. The third kappa shape index (κ3) is 2.36. The molecule has 1 aliphatic carbocycles. The highest BCUT2D eigenvalue weighted by Crippen LogP contribution is 2.41. The average molecular weight is 263 g/mol. The highest BCUT2D eigenvalue weighted by Gasteiger charge is 2.37. The molecule has 1 aromatic carbocycles. The number of benzene rings is 1. The molecule has 104 valence electrons. The Kier molecular flexibility index (Phi) is 3.48. The molecule has 0 bridgehead atoms. The lowest BCUT2D eigenvalue weighted by molar-refractivity contribution is 0.0733. The van der Waals surface area contributed by atoms with Crippen molar-refractivity contribution in [1.29, 1.82) is 0 Å². The van der Waals surface area contributed by atoms with Crippen LogP contribution in [0.5, 0.6) is 5.75 Å². The van der Waals surface area contributed by atoms with E-state index in [1.807, 2.05) is 0 Å². The number of piperidine rings is 1. The number of phenols is 1. The third-order valence-electron chi connectivity index (χ3n) is 4.97. The summed E-state index contributed by atoms with van der Waals surface area (Å²) in [6, 6.07) is 5.00. The van der Waals surface area contributed by atoms with Gasteiger partial charge in [-0.3, -0.25) is 4.90 Å². The van der Waals surface area contributed by atoms with E-state index < -0.39 is 0 Å². The standard InChI is InChI=1S/C16H22FNO/c1-11(14-10-13(17)7-8-16(14)19)18-9-3-5-12-4-2-6-15(12)18/h7-8,10-12,15,19H,2-6,9H2,1H3. The Labute approximate surface area is 114 Å². The zero-order valence-corrected chi connectivity index (χ0v) is 11.5. The van der Waals surface area contributed by atoms with Crippen molar-refractivity contribution in [2.24, 2.45) is 5.92 Å². The van der Waals surface area contributed by atoms with E-state index in [1.54, 1.807) is 0 Å². The molecular formula is C16H22FNO. The van der Waals surface area contributed by atoms with Crippen molar-refractivity contribution in [1.82, 2.24) is 4.90 Å². The van der Waals surface area contributed by atoms with Gasteiger partial charge in [-0.2, -0.15) is 0 Å². The van der Waals surface area contributed by atoms with Gasteiger partial charge >= 0.3 is 0 Å². The van der Waals surface area contributed by atoms with Crippen LogP contribution >= 0.6 is 0 Å². The van der Waals surface area contributed by atoms with Crippen LogP contribution in [-0.4, -0.2) is 22.6 Å². The lowest BCUT2D eigenvalue weighted by atomic mass is 9.89. The fourth-order valence-corrected chi connectivity index (χ4v) is 4.01. The molecule has 1 heterocycles. The number of rotatable bonds is 2. The van der Waals surface area contributed by atoms with Gasteiger partial charge in [0.05, 0.1) is 0 Å². The topological polar surface area (TPSA) is 23.5 Å². The first kappa shape index (κ1) is 12.9. The number of likely N-dealkylation sites (tertiary alicyclic amines) is 1. The minimum absolute atomic E-state index is 0.0987. The van der Waals surface area contributed by atoms with Crippen LogP contribution in [0, 0.1) is 11.7 Å². The molecule has 1 N–H and O–H groups in total. The van der Waals surface area contributed by atoms with Crippen molar-refractivity contribution < 1.29 is 9.50 Å². The smallest absolute Gasteiger partial charge is 0.123 e. The predicted molar refractivity (Wildman–Crippen MR) is 73.5 cm³/mol. The van der Waals surface area contributed by atoms with Crippen molar-refractivity contribution in [2.45, 2.75) is 51.1 Å². The molecule has 0 amide bonds. The highest BCUT2D eigenvalue weighted by molar-refractivity contribution is 5.35. The number of hydrogen-bond acceptors (Lipinski definition) is 2. The molecule has 1 saturated heterocycles. The summed E-state index contributed by atoms with van der Waals surface area (Å²) in [5.41, 5.74) is 0.729. The molecule has 0 aromatic heterocycles. The van der Waals surface area contributed by atoms with E-state index >= 15 is 0 Å². The molecular weight excluding hydrogens is 241 g/mol. The summed E-state index contributed by atoms with van der Waals surface area (Å²) in [6.07, 6.45) is 6.46. The predicted octanol–water partition coefficient (Wildman–Crippen LogP) is 3.86. The Morgan fingerprint density at radius 1 is 1.26 bits per heavy atom. The summed E-state index contributed by atoms with van der Waals surface area (Å²) < 4.78 is 13.4. The summed E-state index contributed by atoms with van der Waals surface area (Å²) in [7, 11) is 0. The van der Waals surface area contributed by atoms with Crippen LogP contribution in [0.2, 0.25) is 0 Å². The van der Waals surface area contributed by atoms with Gasteiger partial charge in [-0.15, -0.1) is 0 Å². The van der Waals surface area contributed by atoms with E-state index in [0.717, 1.165) is 18.0 Å². The minimum atomic E-state index is -0.264. The summed E-state index contributed by atoms with van der Waals surface area (Å²) in [5, 5.41) is 9.98. The first-order chi connectivity index (χ1) is 9.16. The molecule has 2 nitrogen and oxygen atoms in total. The van der Waals surface area contributed by atoms with E-state index in [9.17, 15) is 9.50 Å². The number of aromatic hydroxyl groups is 1. The number of phenolic OH excluding ortho intramolecular Hbond substituents is 1. The molecule has 3 rings (SSSR count). The zero-order valence-electron chi connectivity index (χ0n) is 11.5. The number of halogens is 1. The van der Waals surface area contributed by atoms with Gasteiger partial charge in [0.1, 0.15) is 11.6 Å². The Balaban J connectivity index is 1.86. The van der Waals surface area contributed by atoms with Gasteiger partial charge in [-0.1, -0.05) is 6.42 Å². The van der Waals surface area contributed by atoms with Crippen LogP contribution in [0.3, 0.4) is 0 Å². The van der Waals surface area contributed by atoms with Crippen LogP contribution < -0.4 is 0 Å². The molecule has 1 aromatic rings. The molecule has 3 unspecified atom stereocenters. The van der Waals surface area contributed by atoms with Gasteiger partial charge in [0.25, 0.3) is 0 Å². The van der Waals surface area contributed by atoms with Gasteiger partial charge in [0.2, 0.25) is 0 Å². The first-order valence-electron chi connectivity index (χ1n) is 7.41. The monoisotopic (exact) mass is 263 g/mol. The second-order valence-corrected chi connectivity index (χ2v) is 6.02. The maximum Gasteiger partial charge on any atom is 0.123 e. The van der Waals surface area contributed by atoms with Crippen molar-refractivity contribution in [3.8, 4) is 5.75 Å². The SMILES string of the molecule is CC(c1cc(F)ccc1O)N1CCCC2CCCC21. The van der Waals surface area contributed by atoms with E-state index in [1.165, 1.54) is 50.3 Å². The second kappa shape index (κ2) is 5.12. The van der Waals surface area contributed by atoms with Crippen LogP contribution in [0.1, 0.15) is 50.6 Å². The lowest BCUT2D eigenvalue weighted by Crippen LogP contribution is -2.43. The van der Waals surface area contributed by atoms with E-state index in [-0.39, 0.29) is 17.6 Å². The average Bonchev–Trinajstić information content (AvgIpc) is 2.89. The van der Waals surface area contributed by atoms with Crippen molar-refractivity contribution in [3.05, 3.63) is 29.6 Å². The summed E-state index contributed by atoms with van der Waals surface area (Å²) >= 11 is 0. The summed E-state index contributed by atoms with van der Waals surface area (Å²) in [4.78, 5) is 2.48. The molecule has 3 heteroatoms. The van der Waals surface area contributed by atoms with Gasteiger partial charge in [-0.25, -0.2) is 4.39 Å². The fourth-order valence-electron chi connectivity index (χ4n) is 4.01. The molecule has 1 aliphatic heterocycles. The number of hydrogen-bond donors (Lipinski definition) is 1. The van der Waals surface area contributed by atoms with Crippen LogP contribution in [0.4, 0.5) is 4.39 Å². The Hall–Kier alpha value is -1.09. The molecule has 19 heavy (non-hydrogen) atoms. The first-order valence-corrected chi connectivity index (χ1v) is 7.41. The van der Waals surface area contributed by atoms with Crippen LogP contribution in [0.15, 0.2) is 18.2 Å². The summed E-state index contributed by atoms with van der Waals surface area (Å²) in [5.74, 6) is 0.764. The molecule has 3 atom stereocenters. The highest BCUT2D eigenvalue weighted by atomic mass is 19.1. The van der Waals surface area contributed by atoms with E-state index in [2.05, 4.69) is 11.8 Å². The van der Waals surface area contributed by atoms with Crippen LogP contribution in [0.25, 0.3) is 0 Å². The Bertz CT molecular complexity index is 462. The van der Waals surface area contributed by atoms with Crippen molar-refractivity contribution in [3.63, 3.8) is 0 Å². The maximum atomic E-state index is 13.4. The molecule has 0 radical (unpaired) electrons. The maximum absolute atomic E-state index is 13.4. The number of nitrogens with zero attached hydrogens (tertiary/aromatic N) is 1. The normalized spacial score (nSPS) is 29.2. The minimum Gasteiger partial charge on any atom is -0.508 e. The van der Waals surface area contributed by atoms with Crippen LogP contribution in [-0.2, 0) is 0 Å². The van der Waals surface area contributed by atoms with Gasteiger partial charge in [-0.05, 0) is 63.3 Å². The van der Waals surface area contributed by atoms with Crippen molar-refractivity contribution >= 4 is 0 Å². The van der Waals surface area contributed by atoms with E-state index in [0.29, 0.717) is 6.04 Å². The number of fused-ring (bicyclic) bond motifs is 1. The van der Waals surface area contributed by atoms with Crippen molar-refractivity contribution in [2.75, 3.05) is 6.54 Å². The second-order valence-electron chi connectivity index (χ2n) is 6.02. The fraction of sp³-hybridized carbons (Fsp3) is 0.625. The van der Waals surface area contributed by atoms with Gasteiger partial charge in [0, 0.05) is 17.6 Å².